The molecule has 0 aromatic heterocycles. The van der Waals surface area contributed by atoms with Crippen LogP contribution >= 0.6 is 7.82 Å². The number of esters is 1. The highest BCUT2D eigenvalue weighted by atomic mass is 31.2. The molecule has 0 spiro atoms. The van der Waals surface area contributed by atoms with Gasteiger partial charge in [0.15, 0.2) is 6.61 Å². The van der Waals surface area contributed by atoms with E-state index in [1.165, 1.54) is 57.8 Å². The second kappa shape index (κ2) is 15.9. The molecule has 3 fully saturated rings. The van der Waals surface area contributed by atoms with Gasteiger partial charge in [0.05, 0.1) is 39.1 Å². The summed E-state index contributed by atoms with van der Waals surface area (Å²) < 4.78 is 37.7. The van der Waals surface area contributed by atoms with Gasteiger partial charge in [0.25, 0.3) is 0 Å². The van der Waals surface area contributed by atoms with Gasteiger partial charge in [-0.3, -0.25) is 9.05 Å². The normalized spacial score (nSPS) is 35.3. The molecule has 0 radical (unpaired) electrons. The number of rotatable bonds is 17. The first-order chi connectivity index (χ1) is 20.9. The van der Waals surface area contributed by atoms with Crippen LogP contribution in [0, 0.1) is 46.3 Å². The Balaban J connectivity index is 1.19. The van der Waals surface area contributed by atoms with Gasteiger partial charge in [0, 0.05) is 0 Å². The molecule has 0 heterocycles. The predicted molar refractivity (Wildman–Crippen MR) is 172 cm³/mol. The molecule has 0 amide bonds. The molecule has 0 saturated heterocycles. The van der Waals surface area contributed by atoms with Gasteiger partial charge in [-0.15, -0.1) is 0 Å². The Labute approximate surface area is 267 Å². The summed E-state index contributed by atoms with van der Waals surface area (Å²) in [5.41, 5.74) is 2.47. The second-order valence-electron chi connectivity index (χ2n) is 15.0. The summed E-state index contributed by atoms with van der Waals surface area (Å²) in [7, 11) is -4.32. The molecule has 1 N–H and O–H groups in total. The molecule has 0 aliphatic heterocycles. The lowest BCUT2D eigenvalue weighted by molar-refractivity contribution is -0.146. The fraction of sp³-hybridized carbons (Fsp3) is 0.914. The number of ether oxygens (including phenoxy) is 3. The van der Waals surface area contributed by atoms with Crippen LogP contribution in [-0.4, -0.2) is 56.6 Å². The van der Waals surface area contributed by atoms with E-state index in [1.54, 1.807) is 12.5 Å². The molecule has 8 nitrogen and oxygen atoms in total. The molecule has 4 aliphatic carbocycles. The van der Waals surface area contributed by atoms with Crippen molar-refractivity contribution in [3.05, 3.63) is 11.6 Å². The number of allylic oxidation sites excluding steroid dienone is 1. The minimum Gasteiger partial charge on any atom is -0.464 e. The van der Waals surface area contributed by atoms with E-state index < -0.39 is 20.4 Å². The van der Waals surface area contributed by atoms with Crippen molar-refractivity contribution in [1.82, 2.24) is 0 Å². The highest BCUT2D eigenvalue weighted by Crippen LogP contribution is 2.67. The molecule has 9 atom stereocenters. The van der Waals surface area contributed by atoms with E-state index in [-0.39, 0.29) is 25.9 Å². The van der Waals surface area contributed by atoms with Gasteiger partial charge in [0.1, 0.15) is 0 Å². The van der Waals surface area contributed by atoms with Crippen molar-refractivity contribution in [1.29, 1.82) is 0 Å². The third-order valence-corrected chi connectivity index (χ3v) is 12.9. The summed E-state index contributed by atoms with van der Waals surface area (Å²) in [5.74, 6) is 4.38. The number of phosphoric acid groups is 1. The maximum absolute atomic E-state index is 11.8. The summed E-state index contributed by atoms with van der Waals surface area (Å²) in [5, 5.41) is 0. The molecule has 0 aromatic carbocycles. The van der Waals surface area contributed by atoms with E-state index in [4.69, 9.17) is 14.0 Å². The van der Waals surface area contributed by atoms with Crippen LogP contribution in [0.1, 0.15) is 112 Å². The third kappa shape index (κ3) is 8.77. The van der Waals surface area contributed by atoms with Crippen LogP contribution in [0.5, 0.6) is 0 Å². The van der Waals surface area contributed by atoms with Gasteiger partial charge in [-0.05, 0) is 105 Å². The third-order valence-electron chi connectivity index (χ3n) is 12.0. The Morgan fingerprint density at radius 3 is 2.52 bits per heavy atom. The van der Waals surface area contributed by atoms with Crippen LogP contribution in [0.2, 0.25) is 0 Å². The standard InChI is InChI=1S/C35H61O8P/c1-7-40-33(36)24-43-44(37,38)42-22-20-39-19-21-41-28-15-17-34(5)27(23-28)11-12-29-31-14-13-30(26(4)10-8-9-25(2)3)35(31,6)18-16-32(29)34/h11,25-26,28-32H,7-10,12-24H2,1-6H3,(H,37,38)/t26-,28+,29+,30-,31+,32+,34+,35-/m1/s1. The van der Waals surface area contributed by atoms with Gasteiger partial charge < -0.3 is 19.1 Å². The first-order valence-electron chi connectivity index (χ1n) is 17.6. The lowest BCUT2D eigenvalue weighted by Gasteiger charge is -2.58. The summed E-state index contributed by atoms with van der Waals surface area (Å²) in [6, 6.07) is 0. The van der Waals surface area contributed by atoms with Gasteiger partial charge in [-0.1, -0.05) is 65.5 Å². The van der Waals surface area contributed by atoms with E-state index in [9.17, 15) is 14.3 Å². The highest BCUT2D eigenvalue weighted by Gasteiger charge is 2.59. The van der Waals surface area contributed by atoms with Gasteiger partial charge in [0.2, 0.25) is 0 Å². The van der Waals surface area contributed by atoms with E-state index in [1.807, 2.05) is 0 Å². The number of fused-ring (bicyclic) bond motifs is 5. The molecule has 1 unspecified atom stereocenters. The Bertz CT molecular complexity index is 1010. The summed E-state index contributed by atoms with van der Waals surface area (Å²) in [4.78, 5) is 20.9. The van der Waals surface area contributed by atoms with Crippen molar-refractivity contribution in [3.63, 3.8) is 0 Å². The van der Waals surface area contributed by atoms with E-state index in [2.05, 4.69) is 50.0 Å². The van der Waals surface area contributed by atoms with Crippen molar-refractivity contribution < 1.29 is 37.5 Å². The van der Waals surface area contributed by atoms with Crippen LogP contribution in [0.3, 0.4) is 0 Å². The zero-order chi connectivity index (χ0) is 32.0. The second-order valence-corrected chi connectivity index (χ2v) is 16.5. The molecule has 0 bridgehead atoms. The Morgan fingerprint density at radius 1 is 1.00 bits per heavy atom. The van der Waals surface area contributed by atoms with Crippen LogP contribution in [0.25, 0.3) is 0 Å². The topological polar surface area (TPSA) is 101 Å². The average Bonchev–Trinajstić information content (AvgIpc) is 3.33. The molecule has 4 rings (SSSR count). The van der Waals surface area contributed by atoms with Crippen molar-refractivity contribution >= 4 is 13.8 Å². The largest absolute Gasteiger partial charge is 0.472 e. The first-order valence-corrected chi connectivity index (χ1v) is 19.1. The Kier molecular flexibility index (Phi) is 13.0. The van der Waals surface area contributed by atoms with Gasteiger partial charge in [-0.25, -0.2) is 9.36 Å². The maximum atomic E-state index is 11.8. The van der Waals surface area contributed by atoms with Crippen LogP contribution in [0.15, 0.2) is 11.6 Å². The van der Waals surface area contributed by atoms with Crippen molar-refractivity contribution in [3.8, 4) is 0 Å². The highest BCUT2D eigenvalue weighted by molar-refractivity contribution is 7.47. The zero-order valence-corrected chi connectivity index (χ0v) is 29.3. The molecular formula is C35H61O8P. The van der Waals surface area contributed by atoms with Crippen LogP contribution in [-0.2, 0) is 32.6 Å². The van der Waals surface area contributed by atoms with E-state index in [0.29, 0.717) is 24.0 Å². The molecular weight excluding hydrogens is 579 g/mol. The smallest absolute Gasteiger partial charge is 0.464 e. The lowest BCUT2D eigenvalue weighted by atomic mass is 9.47. The Hall–Kier alpha value is -0.760. The monoisotopic (exact) mass is 640 g/mol. The minimum atomic E-state index is -4.32. The molecule has 3 saturated carbocycles. The van der Waals surface area contributed by atoms with Crippen LogP contribution < -0.4 is 0 Å². The summed E-state index contributed by atoms with van der Waals surface area (Å²) in [6.45, 7) is 14.6. The number of carbonyl (C=O) groups is 1. The van der Waals surface area contributed by atoms with Crippen LogP contribution in [0.4, 0.5) is 0 Å². The van der Waals surface area contributed by atoms with E-state index >= 15 is 0 Å². The lowest BCUT2D eigenvalue weighted by Crippen LogP contribution is -2.51. The quantitative estimate of drug-likeness (QED) is 0.0736. The van der Waals surface area contributed by atoms with Gasteiger partial charge >= 0.3 is 13.8 Å². The number of hydrogen-bond acceptors (Lipinski definition) is 7. The van der Waals surface area contributed by atoms with Gasteiger partial charge in [-0.2, -0.15) is 0 Å². The Morgan fingerprint density at radius 2 is 1.77 bits per heavy atom. The molecule has 9 heteroatoms. The predicted octanol–water partition coefficient (Wildman–Crippen LogP) is 8.13. The first kappa shape index (κ1) is 36.1. The fourth-order valence-corrected chi connectivity index (χ4v) is 10.4. The number of hydrogen-bond donors (Lipinski definition) is 1. The summed E-state index contributed by atoms with van der Waals surface area (Å²) >= 11 is 0. The van der Waals surface area contributed by atoms with Crippen molar-refractivity contribution in [2.75, 3.05) is 39.6 Å². The van der Waals surface area contributed by atoms with E-state index in [0.717, 1.165) is 48.3 Å². The molecule has 44 heavy (non-hydrogen) atoms. The minimum absolute atomic E-state index is 0.119. The fourth-order valence-electron chi connectivity index (χ4n) is 9.76. The zero-order valence-electron chi connectivity index (χ0n) is 28.4. The number of carbonyl (C=O) groups excluding carboxylic acids is 1. The molecule has 4 aliphatic rings. The summed E-state index contributed by atoms with van der Waals surface area (Å²) in [6.07, 6.45) is 17.2. The molecule has 254 valence electrons. The SMILES string of the molecule is CCOC(=O)COP(=O)(O)OCCOCCO[C@H]1CC[C@@]2(C)C(=CC[C@H]3[C@@H]4CC[C@H]([C@H](C)CCCC(C)C)[C@@]4(C)CC[C@@H]32)C1. The van der Waals surface area contributed by atoms with Crippen molar-refractivity contribution in [2.45, 2.75) is 118 Å². The number of phosphoric ester groups is 1. The van der Waals surface area contributed by atoms with Crippen molar-refractivity contribution in [2.24, 2.45) is 46.3 Å². The maximum Gasteiger partial charge on any atom is 0.472 e. The average molecular weight is 641 g/mol. The molecule has 0 aromatic rings.